The molecule has 0 aliphatic carbocycles. The van der Waals surface area contributed by atoms with Crippen LogP contribution >= 0.6 is 0 Å². The van der Waals surface area contributed by atoms with E-state index in [0.29, 0.717) is 5.92 Å². The predicted octanol–water partition coefficient (Wildman–Crippen LogP) is 3.03. The second-order valence-electron chi connectivity index (χ2n) is 5.55. The molecule has 0 heterocycles. The van der Waals surface area contributed by atoms with Crippen molar-refractivity contribution in [1.29, 1.82) is 0 Å². The van der Waals surface area contributed by atoms with Gasteiger partial charge >= 0.3 is 0 Å². The first-order chi connectivity index (χ1) is 6.63. The SMILES string of the molecule is C=CC[C@@](C)(N[S@@](=O)C(C)(C)C)C(C)C. The molecular formula is C12H25NOS. The summed E-state index contributed by atoms with van der Waals surface area (Å²) in [6.45, 7) is 16.1. The van der Waals surface area contributed by atoms with E-state index in [1.807, 2.05) is 26.8 Å². The highest BCUT2D eigenvalue weighted by molar-refractivity contribution is 7.84. The zero-order chi connectivity index (χ0) is 12.3. The lowest BCUT2D eigenvalue weighted by atomic mass is 9.86. The molecule has 1 N–H and O–H groups in total. The Morgan fingerprint density at radius 1 is 1.33 bits per heavy atom. The van der Waals surface area contributed by atoms with Crippen molar-refractivity contribution in [2.75, 3.05) is 0 Å². The van der Waals surface area contributed by atoms with Crippen LogP contribution in [-0.4, -0.2) is 14.5 Å². The summed E-state index contributed by atoms with van der Waals surface area (Å²) in [5.74, 6) is 0.418. The van der Waals surface area contributed by atoms with Crippen molar-refractivity contribution in [2.45, 2.75) is 58.2 Å². The molecule has 0 aromatic carbocycles. The minimum atomic E-state index is -1.03. The minimum absolute atomic E-state index is 0.139. The summed E-state index contributed by atoms with van der Waals surface area (Å²) in [7, 11) is -1.03. The van der Waals surface area contributed by atoms with Crippen LogP contribution in [0.4, 0.5) is 0 Å². The first kappa shape index (κ1) is 14.8. The standard InChI is InChI=1S/C12H25NOS/c1-8-9-12(7,10(2)3)13-15(14)11(4,5)6/h8,10,13H,1,9H2,2-7H3/t12-,15+/m1/s1. The van der Waals surface area contributed by atoms with Crippen LogP contribution < -0.4 is 4.72 Å². The van der Waals surface area contributed by atoms with Gasteiger partial charge in [0.15, 0.2) is 0 Å². The Hall–Kier alpha value is -0.150. The van der Waals surface area contributed by atoms with Crippen molar-refractivity contribution in [1.82, 2.24) is 4.72 Å². The van der Waals surface area contributed by atoms with Crippen LogP contribution in [0.5, 0.6) is 0 Å². The third-order valence-corrected chi connectivity index (χ3v) is 4.49. The van der Waals surface area contributed by atoms with Crippen LogP contribution in [0.15, 0.2) is 12.7 Å². The largest absolute Gasteiger partial charge is 0.242 e. The van der Waals surface area contributed by atoms with Gasteiger partial charge < -0.3 is 0 Å². The van der Waals surface area contributed by atoms with Crippen LogP contribution in [0.25, 0.3) is 0 Å². The second-order valence-corrected chi connectivity index (χ2v) is 7.51. The van der Waals surface area contributed by atoms with E-state index in [0.717, 1.165) is 6.42 Å². The van der Waals surface area contributed by atoms with Gasteiger partial charge in [0.25, 0.3) is 0 Å². The number of hydrogen-bond donors (Lipinski definition) is 1. The van der Waals surface area contributed by atoms with Gasteiger partial charge in [0.05, 0.1) is 15.7 Å². The van der Waals surface area contributed by atoms with Crippen LogP contribution in [0.3, 0.4) is 0 Å². The van der Waals surface area contributed by atoms with E-state index in [-0.39, 0.29) is 10.3 Å². The zero-order valence-electron chi connectivity index (χ0n) is 10.9. The lowest BCUT2D eigenvalue weighted by Gasteiger charge is -2.36. The van der Waals surface area contributed by atoms with E-state index >= 15 is 0 Å². The predicted molar refractivity (Wildman–Crippen MR) is 69.1 cm³/mol. The summed E-state index contributed by atoms with van der Waals surface area (Å²) in [6.07, 6.45) is 2.71. The van der Waals surface area contributed by atoms with Crippen molar-refractivity contribution in [3.8, 4) is 0 Å². The van der Waals surface area contributed by atoms with Crippen LogP contribution in [0.1, 0.15) is 48.0 Å². The van der Waals surface area contributed by atoms with Gasteiger partial charge in [0.2, 0.25) is 0 Å². The highest BCUT2D eigenvalue weighted by atomic mass is 32.2. The molecule has 0 saturated heterocycles. The molecule has 0 amide bonds. The van der Waals surface area contributed by atoms with Gasteiger partial charge in [0.1, 0.15) is 0 Å². The minimum Gasteiger partial charge on any atom is -0.242 e. The molecule has 0 rings (SSSR count). The molecule has 3 heteroatoms. The van der Waals surface area contributed by atoms with E-state index in [2.05, 4.69) is 32.1 Å². The second kappa shape index (κ2) is 5.26. The van der Waals surface area contributed by atoms with E-state index in [9.17, 15) is 4.21 Å². The fourth-order valence-electron chi connectivity index (χ4n) is 1.06. The van der Waals surface area contributed by atoms with Gasteiger partial charge in [-0.1, -0.05) is 19.9 Å². The smallest absolute Gasteiger partial charge is 0.0975 e. The van der Waals surface area contributed by atoms with Crippen LogP contribution in [0, 0.1) is 5.92 Å². The zero-order valence-corrected chi connectivity index (χ0v) is 11.7. The summed E-state index contributed by atoms with van der Waals surface area (Å²) >= 11 is 0. The molecule has 0 aromatic heterocycles. The number of nitrogens with one attached hydrogen (secondary N) is 1. The van der Waals surface area contributed by atoms with Crippen molar-refractivity contribution >= 4 is 11.0 Å². The Balaban J connectivity index is 4.70. The molecule has 0 unspecified atom stereocenters. The Morgan fingerprint density at radius 3 is 2.07 bits per heavy atom. The summed E-state index contributed by atoms with van der Waals surface area (Å²) in [6, 6.07) is 0. The summed E-state index contributed by atoms with van der Waals surface area (Å²) in [4.78, 5) is 0. The lowest BCUT2D eigenvalue weighted by Crippen LogP contribution is -2.51. The maximum absolute atomic E-state index is 12.0. The third kappa shape index (κ3) is 4.47. The maximum Gasteiger partial charge on any atom is 0.0975 e. The molecular weight excluding hydrogens is 206 g/mol. The monoisotopic (exact) mass is 231 g/mol. The summed E-state index contributed by atoms with van der Waals surface area (Å²) < 4.78 is 15.0. The maximum atomic E-state index is 12.0. The summed E-state index contributed by atoms with van der Waals surface area (Å²) in [5, 5.41) is 0. The number of rotatable bonds is 5. The molecule has 2 atom stereocenters. The van der Waals surface area contributed by atoms with E-state index in [1.54, 1.807) is 0 Å². The normalized spacial score (nSPS) is 18.6. The van der Waals surface area contributed by atoms with Gasteiger partial charge in [-0.05, 0) is 40.0 Å². The van der Waals surface area contributed by atoms with Crippen molar-refractivity contribution in [3.05, 3.63) is 12.7 Å². The third-order valence-electron chi connectivity index (χ3n) is 2.72. The quantitative estimate of drug-likeness (QED) is 0.724. The first-order valence-electron chi connectivity index (χ1n) is 5.44. The average molecular weight is 231 g/mol. The first-order valence-corrected chi connectivity index (χ1v) is 6.59. The van der Waals surface area contributed by atoms with Gasteiger partial charge in [0, 0.05) is 5.54 Å². The van der Waals surface area contributed by atoms with Crippen molar-refractivity contribution in [3.63, 3.8) is 0 Å². The molecule has 0 aromatic rings. The van der Waals surface area contributed by atoms with Crippen LogP contribution in [0.2, 0.25) is 0 Å². The van der Waals surface area contributed by atoms with Crippen molar-refractivity contribution in [2.24, 2.45) is 5.92 Å². The van der Waals surface area contributed by atoms with Crippen LogP contribution in [-0.2, 0) is 11.0 Å². The molecule has 15 heavy (non-hydrogen) atoms. The molecule has 0 spiro atoms. The molecule has 0 aliphatic heterocycles. The highest BCUT2D eigenvalue weighted by Crippen LogP contribution is 2.23. The van der Waals surface area contributed by atoms with Gasteiger partial charge in [-0.3, -0.25) is 0 Å². The fraction of sp³-hybridized carbons (Fsp3) is 0.833. The Kier molecular flexibility index (Phi) is 5.21. The Bertz CT molecular complexity index is 242. The summed E-state index contributed by atoms with van der Waals surface area (Å²) in [5.41, 5.74) is -0.139. The Morgan fingerprint density at radius 2 is 1.80 bits per heavy atom. The van der Waals surface area contributed by atoms with Crippen molar-refractivity contribution < 1.29 is 4.21 Å². The van der Waals surface area contributed by atoms with E-state index < -0.39 is 11.0 Å². The Labute approximate surface area is 97.1 Å². The fourth-order valence-corrected chi connectivity index (χ4v) is 2.11. The number of hydrogen-bond acceptors (Lipinski definition) is 1. The molecule has 90 valence electrons. The van der Waals surface area contributed by atoms with Gasteiger partial charge in [-0.15, -0.1) is 6.58 Å². The lowest BCUT2D eigenvalue weighted by molar-refractivity contribution is 0.312. The molecule has 0 saturated carbocycles. The van der Waals surface area contributed by atoms with E-state index in [4.69, 9.17) is 0 Å². The molecule has 2 nitrogen and oxygen atoms in total. The highest BCUT2D eigenvalue weighted by Gasteiger charge is 2.32. The topological polar surface area (TPSA) is 29.1 Å². The average Bonchev–Trinajstić information content (AvgIpc) is 2.02. The molecule has 0 radical (unpaired) electrons. The van der Waals surface area contributed by atoms with E-state index in [1.165, 1.54) is 0 Å². The van der Waals surface area contributed by atoms with Gasteiger partial charge in [-0.25, -0.2) is 8.93 Å². The molecule has 0 aliphatic rings. The van der Waals surface area contributed by atoms with Gasteiger partial charge in [-0.2, -0.15) is 0 Å². The molecule has 0 bridgehead atoms. The molecule has 0 fully saturated rings.